The van der Waals surface area contributed by atoms with E-state index in [0.717, 1.165) is 18.4 Å². The summed E-state index contributed by atoms with van der Waals surface area (Å²) >= 11 is 0. The molecule has 3 heteroatoms. The summed E-state index contributed by atoms with van der Waals surface area (Å²) in [6.45, 7) is 4.15. The highest BCUT2D eigenvalue weighted by molar-refractivity contribution is 6.09. The first-order valence-electron chi connectivity index (χ1n) is 6.77. The van der Waals surface area contributed by atoms with E-state index in [1.807, 2.05) is 12.1 Å². The molecule has 2 nitrogen and oxygen atoms in total. The molecule has 0 atom stereocenters. The van der Waals surface area contributed by atoms with E-state index >= 15 is 0 Å². The van der Waals surface area contributed by atoms with Crippen LogP contribution < -0.4 is 5.73 Å². The molecule has 0 aliphatic rings. The van der Waals surface area contributed by atoms with E-state index in [1.54, 1.807) is 6.07 Å². The Morgan fingerprint density at radius 2 is 1.70 bits per heavy atom. The number of carbonyl (C=O) groups is 1. The highest BCUT2D eigenvalue weighted by Gasteiger charge is 2.12. The van der Waals surface area contributed by atoms with E-state index < -0.39 is 5.82 Å². The zero-order valence-corrected chi connectivity index (χ0v) is 11.7. The second-order valence-electron chi connectivity index (χ2n) is 4.79. The van der Waals surface area contributed by atoms with Crippen molar-refractivity contribution in [2.45, 2.75) is 26.7 Å². The van der Waals surface area contributed by atoms with E-state index in [9.17, 15) is 9.18 Å². The maximum absolute atomic E-state index is 13.3. The maximum atomic E-state index is 13.3. The minimum atomic E-state index is -0.491. The lowest BCUT2D eigenvalue weighted by molar-refractivity contribution is 0.103. The van der Waals surface area contributed by atoms with E-state index in [-0.39, 0.29) is 17.0 Å². The Bertz CT molecular complexity index is 629. The van der Waals surface area contributed by atoms with Crippen LogP contribution in [0.25, 0.3) is 0 Å². The number of nitrogen functional groups attached to an aromatic ring is 1. The molecule has 0 saturated carbocycles. The van der Waals surface area contributed by atoms with Gasteiger partial charge in [0.2, 0.25) is 0 Å². The van der Waals surface area contributed by atoms with Crippen molar-refractivity contribution in [3.8, 4) is 0 Å². The lowest BCUT2D eigenvalue weighted by atomic mass is 9.96. The second-order valence-corrected chi connectivity index (χ2v) is 4.79. The fraction of sp³-hybridized carbons (Fsp3) is 0.235. The molecule has 104 valence electrons. The molecule has 2 N–H and O–H groups in total. The number of nitrogens with two attached hydrogens (primary N) is 1. The van der Waals surface area contributed by atoms with Crippen LogP contribution in [0.3, 0.4) is 0 Å². The third-order valence-corrected chi connectivity index (χ3v) is 3.41. The number of anilines is 1. The first-order valence-corrected chi connectivity index (χ1v) is 6.77. The minimum Gasteiger partial charge on any atom is -0.399 e. The van der Waals surface area contributed by atoms with Crippen molar-refractivity contribution in [2.75, 3.05) is 5.73 Å². The van der Waals surface area contributed by atoms with Crippen molar-refractivity contribution in [1.29, 1.82) is 0 Å². The van der Waals surface area contributed by atoms with Gasteiger partial charge in [-0.15, -0.1) is 0 Å². The molecular formula is C17H18FNO. The van der Waals surface area contributed by atoms with Gasteiger partial charge in [0.1, 0.15) is 5.82 Å². The molecule has 0 spiro atoms. The highest BCUT2D eigenvalue weighted by Crippen LogP contribution is 2.19. The van der Waals surface area contributed by atoms with Gasteiger partial charge < -0.3 is 5.73 Å². The molecule has 0 unspecified atom stereocenters. The van der Waals surface area contributed by atoms with Gasteiger partial charge >= 0.3 is 0 Å². The molecule has 2 aromatic carbocycles. The molecule has 0 radical (unpaired) electrons. The van der Waals surface area contributed by atoms with Crippen molar-refractivity contribution in [3.05, 3.63) is 64.5 Å². The predicted octanol–water partition coefficient (Wildman–Crippen LogP) is 3.76. The zero-order valence-electron chi connectivity index (χ0n) is 11.7. The van der Waals surface area contributed by atoms with Gasteiger partial charge in [-0.2, -0.15) is 0 Å². The largest absolute Gasteiger partial charge is 0.399 e. The van der Waals surface area contributed by atoms with Gasteiger partial charge in [-0.1, -0.05) is 26.0 Å². The smallest absolute Gasteiger partial charge is 0.193 e. The summed E-state index contributed by atoms with van der Waals surface area (Å²) < 4.78 is 13.3. The summed E-state index contributed by atoms with van der Waals surface area (Å²) in [5.41, 5.74) is 9.10. The normalized spacial score (nSPS) is 10.6. The number of benzene rings is 2. The summed E-state index contributed by atoms with van der Waals surface area (Å²) in [5.74, 6) is -0.692. The number of rotatable bonds is 4. The number of hydrogen-bond donors (Lipinski definition) is 1. The van der Waals surface area contributed by atoms with Crippen molar-refractivity contribution in [1.82, 2.24) is 0 Å². The summed E-state index contributed by atoms with van der Waals surface area (Å²) in [6, 6.07) is 9.58. The van der Waals surface area contributed by atoms with E-state index in [1.165, 1.54) is 23.8 Å². The molecular weight excluding hydrogens is 253 g/mol. The lowest BCUT2D eigenvalue weighted by Gasteiger charge is -2.09. The Hall–Kier alpha value is -2.16. The molecule has 0 fully saturated rings. The molecule has 0 aliphatic heterocycles. The zero-order chi connectivity index (χ0) is 14.7. The average Bonchev–Trinajstić information content (AvgIpc) is 2.44. The van der Waals surface area contributed by atoms with Crippen LogP contribution in [0.2, 0.25) is 0 Å². The summed E-state index contributed by atoms with van der Waals surface area (Å²) in [4.78, 5) is 12.4. The highest BCUT2D eigenvalue weighted by atomic mass is 19.1. The quantitative estimate of drug-likeness (QED) is 0.679. The topological polar surface area (TPSA) is 43.1 Å². The van der Waals surface area contributed by atoms with Crippen molar-refractivity contribution in [2.24, 2.45) is 0 Å². The molecule has 0 bridgehead atoms. The summed E-state index contributed by atoms with van der Waals surface area (Å²) in [6.07, 6.45) is 1.81. The second kappa shape index (κ2) is 5.87. The standard InChI is InChI=1S/C17H18FNO/c1-3-11-5-6-13(7-12(11)4-2)17(20)14-8-15(18)10-16(19)9-14/h5-10H,3-4,19H2,1-2H3. The Morgan fingerprint density at radius 3 is 2.30 bits per heavy atom. The van der Waals surface area contributed by atoms with Crippen LogP contribution in [-0.2, 0) is 12.8 Å². The van der Waals surface area contributed by atoms with Gasteiger partial charge in [0.05, 0.1) is 0 Å². The van der Waals surface area contributed by atoms with Crippen LogP contribution in [0.5, 0.6) is 0 Å². The lowest BCUT2D eigenvalue weighted by Crippen LogP contribution is -2.05. The van der Waals surface area contributed by atoms with E-state index in [0.29, 0.717) is 5.56 Å². The fourth-order valence-corrected chi connectivity index (χ4v) is 2.35. The van der Waals surface area contributed by atoms with E-state index in [2.05, 4.69) is 13.8 Å². The Morgan fingerprint density at radius 1 is 1.00 bits per heavy atom. The van der Waals surface area contributed by atoms with Crippen LogP contribution >= 0.6 is 0 Å². The maximum Gasteiger partial charge on any atom is 0.193 e. The molecule has 0 saturated heterocycles. The predicted molar refractivity (Wildman–Crippen MR) is 79.4 cm³/mol. The summed E-state index contributed by atoms with van der Waals surface area (Å²) in [5, 5.41) is 0. The van der Waals surface area contributed by atoms with Crippen LogP contribution in [0.4, 0.5) is 10.1 Å². The van der Waals surface area contributed by atoms with Crippen LogP contribution in [0.15, 0.2) is 36.4 Å². The number of aryl methyl sites for hydroxylation is 2. The van der Waals surface area contributed by atoms with Crippen LogP contribution in [-0.4, -0.2) is 5.78 Å². The number of ketones is 1. The van der Waals surface area contributed by atoms with Crippen molar-refractivity contribution >= 4 is 11.5 Å². The molecule has 0 heterocycles. The molecule has 20 heavy (non-hydrogen) atoms. The number of halogens is 1. The molecule has 0 aliphatic carbocycles. The molecule has 2 aromatic rings. The number of carbonyl (C=O) groups excluding carboxylic acids is 1. The third kappa shape index (κ3) is 2.87. The van der Waals surface area contributed by atoms with E-state index in [4.69, 9.17) is 5.73 Å². The fourth-order valence-electron chi connectivity index (χ4n) is 2.35. The van der Waals surface area contributed by atoms with Gasteiger partial charge in [-0.05, 0) is 48.2 Å². The summed E-state index contributed by atoms with van der Waals surface area (Å²) in [7, 11) is 0. The van der Waals surface area contributed by atoms with Crippen molar-refractivity contribution < 1.29 is 9.18 Å². The van der Waals surface area contributed by atoms with Gasteiger partial charge in [0, 0.05) is 16.8 Å². The SMILES string of the molecule is CCc1ccc(C(=O)c2cc(N)cc(F)c2)cc1CC. The number of hydrogen-bond acceptors (Lipinski definition) is 2. The minimum absolute atomic E-state index is 0.200. The Labute approximate surface area is 118 Å². The first kappa shape index (κ1) is 14.3. The molecule has 0 amide bonds. The molecule has 2 rings (SSSR count). The monoisotopic (exact) mass is 271 g/mol. The first-order chi connectivity index (χ1) is 9.55. The third-order valence-electron chi connectivity index (χ3n) is 3.41. The van der Waals surface area contributed by atoms with Gasteiger partial charge in [-0.3, -0.25) is 4.79 Å². The average molecular weight is 271 g/mol. The van der Waals surface area contributed by atoms with Gasteiger partial charge in [0.25, 0.3) is 0 Å². The Balaban J connectivity index is 2.42. The van der Waals surface area contributed by atoms with Gasteiger partial charge in [0.15, 0.2) is 5.78 Å². The van der Waals surface area contributed by atoms with Crippen LogP contribution in [0.1, 0.15) is 40.9 Å². The van der Waals surface area contributed by atoms with Crippen LogP contribution in [0, 0.1) is 5.82 Å². The Kier molecular flexibility index (Phi) is 4.18. The van der Waals surface area contributed by atoms with Crippen molar-refractivity contribution in [3.63, 3.8) is 0 Å². The molecule has 0 aromatic heterocycles. The van der Waals surface area contributed by atoms with Gasteiger partial charge in [-0.25, -0.2) is 4.39 Å².